The highest BCUT2D eigenvalue weighted by Gasteiger charge is 2.25. The lowest BCUT2D eigenvalue weighted by Crippen LogP contribution is -2.28. The zero-order chi connectivity index (χ0) is 38.1. The van der Waals surface area contributed by atoms with Crippen LogP contribution in [0.5, 0.6) is 0 Å². The minimum absolute atomic E-state index is 0.0968. The number of carbonyl (C=O) groups excluding carboxylic acids is 1. The fraction of sp³-hybridized carbons (Fsp3) is 0.837. The second kappa shape index (κ2) is 40.9. The first-order valence-electron chi connectivity index (χ1n) is 21.5. The Morgan fingerprint density at radius 2 is 1.02 bits per heavy atom. The molecule has 0 aliphatic rings. The smallest absolute Gasteiger partial charge is 0.457 e. The van der Waals surface area contributed by atoms with Gasteiger partial charge in [0, 0.05) is 19.6 Å². The summed E-state index contributed by atoms with van der Waals surface area (Å²) in [6, 6.07) is 0. The summed E-state index contributed by atoms with van der Waals surface area (Å²) >= 11 is 0. The summed E-state index contributed by atoms with van der Waals surface area (Å²) in [4.78, 5) is 22.4. The Balaban J connectivity index is 4.03. The molecule has 9 heteroatoms. The van der Waals surface area contributed by atoms with Crippen molar-refractivity contribution in [3.05, 3.63) is 36.5 Å². The molecule has 306 valence electrons. The lowest BCUT2D eigenvalue weighted by atomic mass is 10.0. The average Bonchev–Trinajstić information content (AvgIpc) is 3.13. The maximum Gasteiger partial charge on any atom is 0.472 e. The molecule has 8 nitrogen and oxygen atoms in total. The number of allylic oxidation sites excluding steroid dienone is 6. The van der Waals surface area contributed by atoms with Crippen LogP contribution in [0.1, 0.15) is 194 Å². The van der Waals surface area contributed by atoms with Gasteiger partial charge in [-0.05, 0) is 51.4 Å². The van der Waals surface area contributed by atoms with Gasteiger partial charge >= 0.3 is 13.8 Å². The van der Waals surface area contributed by atoms with Crippen molar-refractivity contribution < 1.29 is 32.8 Å². The van der Waals surface area contributed by atoms with Gasteiger partial charge in [0.1, 0.15) is 6.10 Å². The van der Waals surface area contributed by atoms with Crippen LogP contribution in [0.15, 0.2) is 36.5 Å². The normalized spacial score (nSPS) is 13.8. The third-order valence-corrected chi connectivity index (χ3v) is 10.0. The number of rotatable bonds is 41. The van der Waals surface area contributed by atoms with Crippen LogP contribution < -0.4 is 5.73 Å². The second-order valence-corrected chi connectivity index (χ2v) is 15.7. The summed E-state index contributed by atoms with van der Waals surface area (Å²) in [7, 11) is -4.27. The Bertz CT molecular complexity index is 895. The molecule has 0 amide bonds. The zero-order valence-electron chi connectivity index (χ0n) is 33.8. The molecule has 0 saturated heterocycles. The molecule has 0 aromatic heterocycles. The van der Waals surface area contributed by atoms with Crippen molar-refractivity contribution in [1.82, 2.24) is 0 Å². The lowest BCUT2D eigenvalue weighted by Gasteiger charge is -2.20. The van der Waals surface area contributed by atoms with Crippen molar-refractivity contribution in [2.45, 2.75) is 200 Å². The number of carbonyl (C=O) groups is 1. The summed E-state index contributed by atoms with van der Waals surface area (Å²) < 4.78 is 33.4. The van der Waals surface area contributed by atoms with E-state index in [1.165, 1.54) is 122 Å². The molecular formula is C43H82NO7P. The largest absolute Gasteiger partial charge is 0.472 e. The maximum atomic E-state index is 12.6. The summed E-state index contributed by atoms with van der Waals surface area (Å²) in [5.41, 5.74) is 5.36. The number of hydrogen-bond acceptors (Lipinski definition) is 7. The van der Waals surface area contributed by atoms with Crippen molar-refractivity contribution >= 4 is 13.8 Å². The van der Waals surface area contributed by atoms with E-state index in [1.807, 2.05) is 0 Å². The van der Waals surface area contributed by atoms with Crippen LogP contribution in [0.2, 0.25) is 0 Å². The predicted molar refractivity (Wildman–Crippen MR) is 220 cm³/mol. The number of nitrogens with two attached hydrogens (primary N) is 1. The number of phosphoric ester groups is 1. The Morgan fingerprint density at radius 1 is 0.577 bits per heavy atom. The van der Waals surface area contributed by atoms with Gasteiger partial charge in [0.15, 0.2) is 0 Å². The van der Waals surface area contributed by atoms with E-state index >= 15 is 0 Å². The standard InChI is InChI=1S/C43H82NO7P/c1-3-5-7-9-11-13-15-17-18-19-20-21-22-23-25-27-29-31-33-35-38-48-40-42(41-50-52(46,47)49-39-37-44)51-43(45)36-34-32-30-28-26-24-16-14-12-10-8-6-4-2/h11,13,17-18,20-21,42H,3-10,12,14-16,19,22-41,44H2,1-2H3,(H,46,47)/b13-11-,18-17-,21-20-. The van der Waals surface area contributed by atoms with Gasteiger partial charge in [-0.25, -0.2) is 4.57 Å². The number of phosphoric acid groups is 1. The third kappa shape index (κ3) is 39.9. The van der Waals surface area contributed by atoms with E-state index in [1.54, 1.807) is 0 Å². The quantitative estimate of drug-likeness (QED) is 0.0274. The van der Waals surface area contributed by atoms with E-state index in [0.717, 1.165) is 51.4 Å². The number of esters is 1. The molecule has 0 fully saturated rings. The van der Waals surface area contributed by atoms with Crippen molar-refractivity contribution in [3.63, 3.8) is 0 Å². The molecule has 2 unspecified atom stereocenters. The molecule has 0 heterocycles. The third-order valence-electron chi connectivity index (χ3n) is 9.06. The minimum Gasteiger partial charge on any atom is -0.457 e. The first-order chi connectivity index (χ1) is 25.4. The van der Waals surface area contributed by atoms with Gasteiger partial charge in [0.25, 0.3) is 0 Å². The Labute approximate surface area is 320 Å². The SMILES string of the molecule is CCCCC/C=C\C/C=C\C/C=C\CCCCCCCCCOCC(COP(=O)(O)OCCN)OC(=O)CCCCCCCCCCCCCCC. The second-order valence-electron chi connectivity index (χ2n) is 14.2. The Morgan fingerprint density at radius 3 is 1.56 bits per heavy atom. The van der Waals surface area contributed by atoms with Gasteiger partial charge in [0.05, 0.1) is 19.8 Å². The van der Waals surface area contributed by atoms with Crippen LogP contribution in [0.4, 0.5) is 0 Å². The highest BCUT2D eigenvalue weighted by atomic mass is 31.2. The highest BCUT2D eigenvalue weighted by Crippen LogP contribution is 2.43. The van der Waals surface area contributed by atoms with Gasteiger partial charge in [-0.15, -0.1) is 0 Å². The van der Waals surface area contributed by atoms with E-state index < -0.39 is 13.9 Å². The Kier molecular flexibility index (Phi) is 39.9. The molecule has 0 radical (unpaired) electrons. The van der Waals surface area contributed by atoms with Crippen LogP contribution in [0, 0.1) is 0 Å². The summed E-state index contributed by atoms with van der Waals surface area (Å²) in [5.74, 6) is -0.334. The van der Waals surface area contributed by atoms with E-state index in [2.05, 4.69) is 50.3 Å². The fourth-order valence-electron chi connectivity index (χ4n) is 5.89. The fourth-order valence-corrected chi connectivity index (χ4v) is 6.65. The Hall–Kier alpha value is -1.28. The summed E-state index contributed by atoms with van der Waals surface area (Å²) in [5, 5.41) is 0. The molecule has 0 aliphatic carbocycles. The molecular weight excluding hydrogens is 673 g/mol. The molecule has 0 bridgehead atoms. The number of unbranched alkanes of at least 4 members (excludes halogenated alkanes) is 22. The maximum absolute atomic E-state index is 12.6. The van der Waals surface area contributed by atoms with Crippen molar-refractivity contribution in [2.24, 2.45) is 5.73 Å². The van der Waals surface area contributed by atoms with Gasteiger partial charge in [-0.1, -0.05) is 172 Å². The van der Waals surface area contributed by atoms with Crippen molar-refractivity contribution in [3.8, 4) is 0 Å². The van der Waals surface area contributed by atoms with Crippen molar-refractivity contribution in [1.29, 1.82) is 0 Å². The monoisotopic (exact) mass is 756 g/mol. The van der Waals surface area contributed by atoms with E-state index in [0.29, 0.717) is 13.0 Å². The highest BCUT2D eigenvalue weighted by molar-refractivity contribution is 7.47. The van der Waals surface area contributed by atoms with Crippen LogP contribution >= 0.6 is 7.82 Å². The molecule has 0 aliphatic heterocycles. The van der Waals surface area contributed by atoms with E-state index in [9.17, 15) is 14.3 Å². The van der Waals surface area contributed by atoms with Gasteiger partial charge in [0.2, 0.25) is 0 Å². The van der Waals surface area contributed by atoms with Gasteiger partial charge in [-0.3, -0.25) is 13.8 Å². The van der Waals surface area contributed by atoms with Crippen LogP contribution in [0.25, 0.3) is 0 Å². The number of hydrogen-bond donors (Lipinski definition) is 2. The van der Waals surface area contributed by atoms with Crippen LogP contribution in [-0.4, -0.2) is 49.9 Å². The molecule has 2 atom stereocenters. The summed E-state index contributed by atoms with van der Waals surface area (Å²) in [6.07, 6.45) is 45.8. The molecule has 0 saturated carbocycles. The first kappa shape index (κ1) is 50.7. The van der Waals surface area contributed by atoms with Crippen LogP contribution in [0.3, 0.4) is 0 Å². The average molecular weight is 756 g/mol. The zero-order valence-corrected chi connectivity index (χ0v) is 34.7. The molecule has 3 N–H and O–H groups in total. The van der Waals surface area contributed by atoms with E-state index in [4.69, 9.17) is 24.3 Å². The molecule has 0 spiro atoms. The van der Waals surface area contributed by atoms with E-state index in [-0.39, 0.29) is 32.3 Å². The molecule has 52 heavy (non-hydrogen) atoms. The minimum atomic E-state index is -4.27. The van der Waals surface area contributed by atoms with Gasteiger partial charge < -0.3 is 20.1 Å². The molecule has 0 aromatic carbocycles. The topological polar surface area (TPSA) is 117 Å². The van der Waals surface area contributed by atoms with Crippen molar-refractivity contribution in [2.75, 3.05) is 33.0 Å². The predicted octanol–water partition coefficient (Wildman–Crippen LogP) is 12.6. The first-order valence-corrected chi connectivity index (χ1v) is 23.0. The molecule has 0 rings (SSSR count). The molecule has 0 aromatic rings. The lowest BCUT2D eigenvalue weighted by molar-refractivity contribution is -0.154. The van der Waals surface area contributed by atoms with Crippen LogP contribution in [-0.2, 0) is 27.9 Å². The van der Waals surface area contributed by atoms with Gasteiger partial charge in [-0.2, -0.15) is 0 Å². The summed E-state index contributed by atoms with van der Waals surface area (Å²) in [6.45, 7) is 4.88. The number of ether oxygens (including phenoxy) is 2.